The molecule has 0 saturated carbocycles. The molecule has 0 aliphatic carbocycles. The number of amides is 1. The van der Waals surface area contributed by atoms with E-state index in [9.17, 15) is 9.18 Å². The fraction of sp³-hybridized carbons (Fsp3) is 0.429. The molecule has 2 heterocycles. The molecule has 1 aliphatic rings. The van der Waals surface area contributed by atoms with Gasteiger partial charge in [0.2, 0.25) is 5.91 Å². The minimum Gasteiger partial charge on any atom is -0.355 e. The SMILES string of the molecule is Cc1cc(Nc2cccc(F)c2)cc([C@@H]2CCN(C(=O)CC(C)C)C2)n1. The van der Waals surface area contributed by atoms with Crippen molar-refractivity contribution in [2.45, 2.75) is 39.5 Å². The summed E-state index contributed by atoms with van der Waals surface area (Å²) < 4.78 is 13.4. The Labute approximate surface area is 154 Å². The van der Waals surface area contributed by atoms with Gasteiger partial charge < -0.3 is 10.2 Å². The lowest BCUT2D eigenvalue weighted by atomic mass is 10.0. The summed E-state index contributed by atoms with van der Waals surface area (Å²) in [6.07, 6.45) is 1.53. The number of benzene rings is 1. The quantitative estimate of drug-likeness (QED) is 0.850. The number of aromatic nitrogens is 1. The molecule has 1 saturated heterocycles. The highest BCUT2D eigenvalue weighted by molar-refractivity contribution is 5.76. The van der Waals surface area contributed by atoms with Gasteiger partial charge in [0.15, 0.2) is 0 Å². The molecule has 0 spiro atoms. The lowest BCUT2D eigenvalue weighted by molar-refractivity contribution is -0.130. The maximum absolute atomic E-state index is 13.4. The number of likely N-dealkylation sites (tertiary alicyclic amines) is 1. The summed E-state index contributed by atoms with van der Waals surface area (Å²) in [4.78, 5) is 18.9. The molecule has 5 heteroatoms. The van der Waals surface area contributed by atoms with E-state index in [1.807, 2.05) is 30.0 Å². The maximum Gasteiger partial charge on any atom is 0.222 e. The van der Waals surface area contributed by atoms with Crippen molar-refractivity contribution < 1.29 is 9.18 Å². The number of hydrogen-bond acceptors (Lipinski definition) is 3. The first-order valence-corrected chi connectivity index (χ1v) is 9.19. The first-order chi connectivity index (χ1) is 12.4. The number of anilines is 2. The number of halogens is 1. The van der Waals surface area contributed by atoms with Gasteiger partial charge in [-0.05, 0) is 49.6 Å². The fourth-order valence-corrected chi connectivity index (χ4v) is 3.41. The molecular formula is C21H26FN3O. The standard InChI is InChI=1S/C21H26FN3O/c1-14(2)9-21(26)25-8-7-16(13-25)20-12-19(10-15(3)23-20)24-18-6-4-5-17(22)11-18/h4-6,10-12,14,16H,7-9,13H2,1-3H3,(H,23,24)/t16-/m1/s1. The Hall–Kier alpha value is -2.43. The van der Waals surface area contributed by atoms with Crippen molar-refractivity contribution in [1.29, 1.82) is 0 Å². The highest BCUT2D eigenvalue weighted by Crippen LogP contribution is 2.29. The largest absolute Gasteiger partial charge is 0.355 e. The van der Waals surface area contributed by atoms with Crippen molar-refractivity contribution in [3.8, 4) is 0 Å². The first-order valence-electron chi connectivity index (χ1n) is 9.19. The summed E-state index contributed by atoms with van der Waals surface area (Å²) in [5.41, 5.74) is 3.50. The average Bonchev–Trinajstić information content (AvgIpc) is 3.04. The van der Waals surface area contributed by atoms with E-state index in [0.717, 1.165) is 36.6 Å². The highest BCUT2D eigenvalue weighted by Gasteiger charge is 2.28. The van der Waals surface area contributed by atoms with Crippen LogP contribution in [0.25, 0.3) is 0 Å². The molecule has 138 valence electrons. The molecule has 1 amide bonds. The van der Waals surface area contributed by atoms with E-state index >= 15 is 0 Å². The number of pyridine rings is 1. The molecule has 1 aliphatic heterocycles. The summed E-state index contributed by atoms with van der Waals surface area (Å²) >= 11 is 0. The zero-order chi connectivity index (χ0) is 18.7. The van der Waals surface area contributed by atoms with Crippen molar-refractivity contribution in [1.82, 2.24) is 9.88 Å². The van der Waals surface area contributed by atoms with Gasteiger partial charge in [0.25, 0.3) is 0 Å². The van der Waals surface area contributed by atoms with Crippen LogP contribution in [0.15, 0.2) is 36.4 Å². The third-order valence-electron chi connectivity index (χ3n) is 4.63. The summed E-state index contributed by atoms with van der Waals surface area (Å²) in [6, 6.07) is 10.4. The van der Waals surface area contributed by atoms with Crippen molar-refractivity contribution in [2.75, 3.05) is 18.4 Å². The fourth-order valence-electron chi connectivity index (χ4n) is 3.41. The third kappa shape index (κ3) is 4.59. The van der Waals surface area contributed by atoms with Crippen LogP contribution in [0.4, 0.5) is 15.8 Å². The second kappa shape index (κ2) is 7.85. The number of carbonyl (C=O) groups is 1. The van der Waals surface area contributed by atoms with Gasteiger partial charge in [0, 0.05) is 48.2 Å². The topological polar surface area (TPSA) is 45.2 Å². The van der Waals surface area contributed by atoms with Crippen molar-refractivity contribution in [2.24, 2.45) is 5.92 Å². The molecule has 3 rings (SSSR count). The number of aryl methyl sites for hydroxylation is 1. The van der Waals surface area contributed by atoms with Gasteiger partial charge in [0.1, 0.15) is 5.82 Å². The molecule has 1 aromatic heterocycles. The smallest absolute Gasteiger partial charge is 0.222 e. The monoisotopic (exact) mass is 355 g/mol. The van der Waals surface area contributed by atoms with Crippen LogP contribution in [0, 0.1) is 18.7 Å². The average molecular weight is 355 g/mol. The van der Waals surface area contributed by atoms with E-state index in [1.165, 1.54) is 12.1 Å². The van der Waals surface area contributed by atoms with Gasteiger partial charge in [-0.1, -0.05) is 19.9 Å². The Kier molecular flexibility index (Phi) is 5.55. The van der Waals surface area contributed by atoms with Gasteiger partial charge in [-0.15, -0.1) is 0 Å². The van der Waals surface area contributed by atoms with E-state index in [2.05, 4.69) is 24.1 Å². The molecule has 1 N–H and O–H groups in total. The summed E-state index contributed by atoms with van der Waals surface area (Å²) in [6.45, 7) is 7.60. The van der Waals surface area contributed by atoms with Crippen LogP contribution in [-0.4, -0.2) is 28.9 Å². The first kappa shape index (κ1) is 18.4. The van der Waals surface area contributed by atoms with Crippen molar-refractivity contribution in [3.05, 3.63) is 53.6 Å². The van der Waals surface area contributed by atoms with E-state index < -0.39 is 0 Å². The molecule has 1 fully saturated rings. The number of nitrogens with one attached hydrogen (secondary N) is 1. The normalized spacial score (nSPS) is 17.0. The number of hydrogen-bond donors (Lipinski definition) is 1. The van der Waals surface area contributed by atoms with Crippen LogP contribution in [0.5, 0.6) is 0 Å². The van der Waals surface area contributed by atoms with Gasteiger partial charge in [-0.25, -0.2) is 4.39 Å². The van der Waals surface area contributed by atoms with Crippen LogP contribution in [0.3, 0.4) is 0 Å². The van der Waals surface area contributed by atoms with E-state index in [-0.39, 0.29) is 17.6 Å². The molecular weight excluding hydrogens is 329 g/mol. The molecule has 1 atom stereocenters. The molecule has 0 radical (unpaired) electrons. The molecule has 26 heavy (non-hydrogen) atoms. The van der Waals surface area contributed by atoms with Crippen LogP contribution in [0.2, 0.25) is 0 Å². The van der Waals surface area contributed by atoms with Gasteiger partial charge in [-0.3, -0.25) is 9.78 Å². The van der Waals surface area contributed by atoms with Crippen molar-refractivity contribution >= 4 is 17.3 Å². The zero-order valence-corrected chi connectivity index (χ0v) is 15.6. The zero-order valence-electron chi connectivity index (χ0n) is 15.6. The Balaban J connectivity index is 1.73. The molecule has 0 bridgehead atoms. The second-order valence-electron chi connectivity index (χ2n) is 7.48. The minimum atomic E-state index is -0.267. The Morgan fingerprint density at radius 1 is 1.31 bits per heavy atom. The maximum atomic E-state index is 13.4. The van der Waals surface area contributed by atoms with Gasteiger partial charge >= 0.3 is 0 Å². The lowest BCUT2D eigenvalue weighted by Crippen LogP contribution is -2.29. The highest BCUT2D eigenvalue weighted by atomic mass is 19.1. The summed E-state index contributed by atoms with van der Waals surface area (Å²) in [7, 11) is 0. The second-order valence-corrected chi connectivity index (χ2v) is 7.48. The Morgan fingerprint density at radius 3 is 2.85 bits per heavy atom. The van der Waals surface area contributed by atoms with E-state index in [0.29, 0.717) is 18.0 Å². The van der Waals surface area contributed by atoms with E-state index in [4.69, 9.17) is 0 Å². The van der Waals surface area contributed by atoms with Gasteiger partial charge in [-0.2, -0.15) is 0 Å². The summed E-state index contributed by atoms with van der Waals surface area (Å²) in [5.74, 6) is 0.587. The van der Waals surface area contributed by atoms with Gasteiger partial charge in [0.05, 0.1) is 0 Å². The van der Waals surface area contributed by atoms with Crippen LogP contribution >= 0.6 is 0 Å². The third-order valence-corrected chi connectivity index (χ3v) is 4.63. The summed E-state index contributed by atoms with van der Waals surface area (Å²) in [5, 5.41) is 3.25. The lowest BCUT2D eigenvalue weighted by Gasteiger charge is -2.18. The number of carbonyl (C=O) groups excluding carboxylic acids is 1. The predicted octanol–water partition coefficient (Wildman–Crippen LogP) is 4.63. The Bertz CT molecular complexity index is 791. The van der Waals surface area contributed by atoms with Crippen LogP contribution in [0.1, 0.15) is 44.0 Å². The number of rotatable bonds is 5. The van der Waals surface area contributed by atoms with E-state index in [1.54, 1.807) is 6.07 Å². The minimum absolute atomic E-state index is 0.230. The Morgan fingerprint density at radius 2 is 2.12 bits per heavy atom. The molecule has 4 nitrogen and oxygen atoms in total. The number of nitrogens with zero attached hydrogens (tertiary/aromatic N) is 2. The predicted molar refractivity (Wildman–Crippen MR) is 102 cm³/mol. The molecule has 1 aromatic carbocycles. The van der Waals surface area contributed by atoms with Crippen molar-refractivity contribution in [3.63, 3.8) is 0 Å². The molecule has 2 aromatic rings. The molecule has 0 unspecified atom stereocenters. The van der Waals surface area contributed by atoms with Crippen LogP contribution < -0.4 is 5.32 Å². The van der Waals surface area contributed by atoms with Crippen LogP contribution in [-0.2, 0) is 4.79 Å².